The molecule has 26 heavy (non-hydrogen) atoms. The van der Waals surface area contributed by atoms with Gasteiger partial charge in [-0.15, -0.1) is 0 Å². The molecule has 2 heterocycles. The van der Waals surface area contributed by atoms with E-state index in [2.05, 4.69) is 15.6 Å². The topological polar surface area (TPSA) is 81.0 Å². The molecule has 134 valence electrons. The van der Waals surface area contributed by atoms with E-state index in [1.165, 1.54) is 27.5 Å². The summed E-state index contributed by atoms with van der Waals surface area (Å²) in [7, 11) is 1.64. The average Bonchev–Trinajstić information content (AvgIpc) is 2.88. The van der Waals surface area contributed by atoms with E-state index in [1.54, 1.807) is 37.6 Å². The molecule has 0 unspecified atom stereocenters. The number of urea groups is 1. The molecule has 0 aliphatic heterocycles. The lowest BCUT2D eigenvalue weighted by molar-refractivity contribution is 0.262. The van der Waals surface area contributed by atoms with Crippen molar-refractivity contribution in [3.8, 4) is 0 Å². The van der Waals surface area contributed by atoms with Gasteiger partial charge in [0.15, 0.2) is 0 Å². The van der Waals surface area contributed by atoms with E-state index in [4.69, 9.17) is 0 Å². The molecule has 0 atom stereocenters. The summed E-state index contributed by atoms with van der Waals surface area (Å²) in [4.78, 5) is 28.1. The summed E-state index contributed by atoms with van der Waals surface area (Å²) in [6.07, 6.45) is 4.79. The standard InChI is InChI=1S/C18H18FN5O2/c1-12-3-4-15(10-20-12)21-17(25)22-16-8-13(7-14(19)9-16)11-24-6-5-23(2)18(24)26/h3-10H,11H2,1-2H3,(H2,21,22,25). The number of nitrogens with one attached hydrogen (secondary N) is 2. The van der Waals surface area contributed by atoms with Crippen molar-refractivity contribution in [1.82, 2.24) is 14.1 Å². The second kappa shape index (κ2) is 7.22. The van der Waals surface area contributed by atoms with Gasteiger partial charge < -0.3 is 15.2 Å². The van der Waals surface area contributed by atoms with Crippen LogP contribution < -0.4 is 16.3 Å². The second-order valence-electron chi connectivity index (χ2n) is 5.94. The first-order chi connectivity index (χ1) is 12.4. The van der Waals surface area contributed by atoms with Crippen molar-refractivity contribution in [2.24, 2.45) is 7.05 Å². The number of anilines is 2. The van der Waals surface area contributed by atoms with Crippen LogP contribution in [0.4, 0.5) is 20.6 Å². The summed E-state index contributed by atoms with van der Waals surface area (Å²) in [5.41, 5.74) is 2.02. The lowest BCUT2D eigenvalue weighted by Gasteiger charge is -2.10. The Morgan fingerprint density at radius 2 is 1.92 bits per heavy atom. The highest BCUT2D eigenvalue weighted by Crippen LogP contribution is 2.16. The molecule has 2 amide bonds. The van der Waals surface area contributed by atoms with Crippen LogP contribution in [0, 0.1) is 12.7 Å². The molecule has 0 saturated carbocycles. The minimum Gasteiger partial charge on any atom is -0.308 e. The zero-order chi connectivity index (χ0) is 18.7. The van der Waals surface area contributed by atoms with E-state index < -0.39 is 11.8 Å². The number of imidazole rings is 1. The molecule has 0 saturated heterocycles. The van der Waals surface area contributed by atoms with Crippen LogP contribution in [0.5, 0.6) is 0 Å². The highest BCUT2D eigenvalue weighted by Gasteiger charge is 2.08. The Morgan fingerprint density at radius 1 is 1.15 bits per heavy atom. The number of amides is 2. The number of aromatic nitrogens is 3. The predicted octanol–water partition coefficient (Wildman–Crippen LogP) is 2.72. The van der Waals surface area contributed by atoms with Crippen LogP contribution in [0.3, 0.4) is 0 Å². The molecule has 7 nitrogen and oxygen atoms in total. The number of halogens is 1. The van der Waals surface area contributed by atoms with Crippen LogP contribution in [-0.2, 0) is 13.6 Å². The number of carbonyl (C=O) groups excluding carboxylic acids is 1. The molecule has 0 fully saturated rings. The van der Waals surface area contributed by atoms with Crippen molar-refractivity contribution >= 4 is 17.4 Å². The maximum Gasteiger partial charge on any atom is 0.328 e. The molecule has 3 aromatic rings. The minimum atomic E-state index is -0.510. The molecule has 0 spiro atoms. The van der Waals surface area contributed by atoms with Crippen LogP contribution in [0.15, 0.2) is 53.7 Å². The van der Waals surface area contributed by atoms with E-state index in [0.29, 0.717) is 16.9 Å². The third kappa shape index (κ3) is 4.15. The van der Waals surface area contributed by atoms with Crippen LogP contribution in [0.25, 0.3) is 0 Å². The van der Waals surface area contributed by atoms with Gasteiger partial charge in [-0.05, 0) is 42.8 Å². The third-order valence-corrected chi connectivity index (χ3v) is 3.76. The summed E-state index contributed by atoms with van der Waals surface area (Å²) in [6.45, 7) is 2.05. The third-order valence-electron chi connectivity index (χ3n) is 3.76. The van der Waals surface area contributed by atoms with E-state index in [1.807, 2.05) is 6.92 Å². The normalized spacial score (nSPS) is 10.6. The van der Waals surface area contributed by atoms with Gasteiger partial charge in [0.25, 0.3) is 0 Å². The maximum absolute atomic E-state index is 13.9. The molecule has 3 rings (SSSR count). The molecule has 0 radical (unpaired) electrons. The van der Waals surface area contributed by atoms with Gasteiger partial charge in [0, 0.05) is 30.8 Å². The molecule has 2 aromatic heterocycles. The van der Waals surface area contributed by atoms with Gasteiger partial charge in [0.2, 0.25) is 0 Å². The Bertz CT molecular complexity index is 992. The molecule has 8 heteroatoms. The maximum atomic E-state index is 13.9. The van der Waals surface area contributed by atoms with Gasteiger partial charge in [0.05, 0.1) is 18.4 Å². The monoisotopic (exact) mass is 355 g/mol. The Labute approximate surface area is 149 Å². The van der Waals surface area contributed by atoms with Crippen LogP contribution in [0.1, 0.15) is 11.3 Å². The molecular weight excluding hydrogens is 337 g/mol. The van der Waals surface area contributed by atoms with E-state index in [0.717, 1.165) is 5.69 Å². The Hall–Kier alpha value is -3.42. The number of nitrogens with zero attached hydrogens (tertiary/aromatic N) is 3. The van der Waals surface area contributed by atoms with Crippen molar-refractivity contribution in [3.05, 3.63) is 76.5 Å². The van der Waals surface area contributed by atoms with Gasteiger partial charge >= 0.3 is 11.7 Å². The fourth-order valence-electron chi connectivity index (χ4n) is 2.48. The number of aryl methyl sites for hydroxylation is 2. The van der Waals surface area contributed by atoms with Gasteiger partial charge in [-0.3, -0.25) is 9.55 Å². The average molecular weight is 355 g/mol. The highest BCUT2D eigenvalue weighted by molar-refractivity contribution is 5.99. The smallest absolute Gasteiger partial charge is 0.308 e. The summed E-state index contributed by atoms with van der Waals surface area (Å²) in [5.74, 6) is -0.501. The highest BCUT2D eigenvalue weighted by atomic mass is 19.1. The van der Waals surface area contributed by atoms with Gasteiger partial charge in [-0.2, -0.15) is 0 Å². The fourth-order valence-corrected chi connectivity index (χ4v) is 2.48. The number of hydrogen-bond donors (Lipinski definition) is 2. The van der Waals surface area contributed by atoms with Crippen LogP contribution in [0.2, 0.25) is 0 Å². The SMILES string of the molecule is Cc1ccc(NC(=O)Nc2cc(F)cc(Cn3ccn(C)c3=O)c2)cn1. The second-order valence-corrected chi connectivity index (χ2v) is 5.94. The molecule has 0 bridgehead atoms. The van der Waals surface area contributed by atoms with Crippen molar-refractivity contribution in [1.29, 1.82) is 0 Å². The molecule has 1 aromatic carbocycles. The number of rotatable bonds is 4. The summed E-state index contributed by atoms with van der Waals surface area (Å²) < 4.78 is 16.8. The molecule has 0 aliphatic rings. The van der Waals surface area contributed by atoms with Crippen molar-refractivity contribution in [2.45, 2.75) is 13.5 Å². The molecule has 0 aliphatic carbocycles. The van der Waals surface area contributed by atoms with Gasteiger partial charge in [-0.1, -0.05) is 0 Å². The lowest BCUT2D eigenvalue weighted by atomic mass is 10.2. The van der Waals surface area contributed by atoms with Crippen molar-refractivity contribution in [3.63, 3.8) is 0 Å². The van der Waals surface area contributed by atoms with Crippen molar-refractivity contribution < 1.29 is 9.18 Å². The Balaban J connectivity index is 1.72. The number of benzene rings is 1. The van der Waals surface area contributed by atoms with Crippen LogP contribution >= 0.6 is 0 Å². The van der Waals surface area contributed by atoms with Crippen LogP contribution in [-0.4, -0.2) is 20.1 Å². The Kier molecular flexibility index (Phi) is 4.83. The zero-order valence-electron chi connectivity index (χ0n) is 14.4. The van der Waals surface area contributed by atoms with Gasteiger partial charge in [0.1, 0.15) is 5.82 Å². The zero-order valence-corrected chi connectivity index (χ0v) is 14.4. The number of pyridine rings is 1. The van der Waals surface area contributed by atoms with E-state index in [9.17, 15) is 14.0 Å². The van der Waals surface area contributed by atoms with E-state index in [-0.39, 0.29) is 12.2 Å². The lowest BCUT2D eigenvalue weighted by Crippen LogP contribution is -2.22. The van der Waals surface area contributed by atoms with Gasteiger partial charge in [-0.25, -0.2) is 14.0 Å². The Morgan fingerprint density at radius 3 is 2.58 bits per heavy atom. The van der Waals surface area contributed by atoms with Crippen molar-refractivity contribution in [2.75, 3.05) is 10.6 Å². The molecular formula is C18H18FN5O2. The van der Waals surface area contributed by atoms with E-state index >= 15 is 0 Å². The predicted molar refractivity (Wildman–Crippen MR) is 96.8 cm³/mol. The summed E-state index contributed by atoms with van der Waals surface area (Å²) in [6, 6.07) is 7.14. The fraction of sp³-hybridized carbons (Fsp3) is 0.167. The first kappa shape index (κ1) is 17.4. The first-order valence-electron chi connectivity index (χ1n) is 7.92. The minimum absolute atomic E-state index is 0.201. The largest absolute Gasteiger partial charge is 0.328 e. The first-order valence-corrected chi connectivity index (χ1v) is 7.92. The summed E-state index contributed by atoms with van der Waals surface area (Å²) in [5, 5.41) is 5.21. The number of carbonyl (C=O) groups is 1. The number of hydrogen-bond acceptors (Lipinski definition) is 3. The summed E-state index contributed by atoms with van der Waals surface area (Å²) >= 11 is 0. The quantitative estimate of drug-likeness (QED) is 0.755. The molecule has 2 N–H and O–H groups in total.